The summed E-state index contributed by atoms with van der Waals surface area (Å²) in [6.07, 6.45) is 2.02. The molecule has 0 aliphatic carbocycles. The molecular weight excluding hydrogens is 332 g/mol. The van der Waals surface area contributed by atoms with Gasteiger partial charge in [0.1, 0.15) is 0 Å². The maximum atomic E-state index is 13.5. The van der Waals surface area contributed by atoms with E-state index in [1.54, 1.807) is 0 Å². The maximum absolute atomic E-state index is 13.5. The summed E-state index contributed by atoms with van der Waals surface area (Å²) in [5, 5.41) is 0. The van der Waals surface area contributed by atoms with Crippen LogP contribution < -0.4 is 0 Å². The molecule has 0 saturated heterocycles. The van der Waals surface area contributed by atoms with Crippen LogP contribution in [-0.2, 0) is 19.7 Å². The summed E-state index contributed by atoms with van der Waals surface area (Å²) >= 11 is 0. The van der Waals surface area contributed by atoms with Gasteiger partial charge >= 0.3 is 8.80 Å². The van der Waals surface area contributed by atoms with Gasteiger partial charge in [-0.25, -0.2) is 17.6 Å². The third kappa shape index (κ3) is 5.27. The first-order valence-corrected chi connectivity index (χ1v) is 9.40. The van der Waals surface area contributed by atoms with Gasteiger partial charge in [-0.3, -0.25) is 0 Å². The van der Waals surface area contributed by atoms with Crippen molar-refractivity contribution in [2.45, 2.75) is 38.7 Å². The molecule has 0 radical (unpaired) electrons. The number of hydrogen-bond acceptors (Lipinski definition) is 3. The summed E-state index contributed by atoms with van der Waals surface area (Å²) in [5.41, 5.74) is -0.159. The Kier molecular flexibility index (Phi) is 8.17. The minimum Gasteiger partial charge on any atom is -0.377 e. The van der Waals surface area contributed by atoms with Crippen molar-refractivity contribution in [2.75, 3.05) is 20.8 Å². The highest BCUT2D eigenvalue weighted by atomic mass is 28.4. The zero-order valence-corrected chi connectivity index (χ0v) is 14.6. The Morgan fingerprint density at radius 1 is 0.913 bits per heavy atom. The Balaban J connectivity index is 2.49. The SMILES string of the molecule is CCO[Si](CCCCCc1cc(F)c(F)c(F)c1F)(OC)OC. The Labute approximate surface area is 134 Å². The van der Waals surface area contributed by atoms with E-state index in [2.05, 4.69) is 0 Å². The molecule has 0 spiro atoms. The van der Waals surface area contributed by atoms with Gasteiger partial charge in [-0.05, 0) is 37.8 Å². The van der Waals surface area contributed by atoms with Crippen LogP contribution in [0.2, 0.25) is 6.04 Å². The molecule has 0 amide bonds. The molecule has 1 rings (SSSR count). The van der Waals surface area contributed by atoms with Gasteiger partial charge in [0.15, 0.2) is 23.3 Å². The van der Waals surface area contributed by atoms with E-state index in [-0.39, 0.29) is 12.0 Å². The van der Waals surface area contributed by atoms with Crippen molar-refractivity contribution in [1.29, 1.82) is 0 Å². The third-order valence-corrected chi connectivity index (χ3v) is 6.53. The first kappa shape index (κ1) is 20.1. The lowest BCUT2D eigenvalue weighted by atomic mass is 10.1. The van der Waals surface area contributed by atoms with Crippen LogP contribution in [0.4, 0.5) is 17.6 Å². The maximum Gasteiger partial charge on any atom is 0.500 e. The van der Waals surface area contributed by atoms with E-state index < -0.39 is 32.1 Å². The predicted molar refractivity (Wildman–Crippen MR) is 80.0 cm³/mol. The molecule has 0 aromatic heterocycles. The highest BCUT2D eigenvalue weighted by Gasteiger charge is 2.37. The van der Waals surface area contributed by atoms with Gasteiger partial charge < -0.3 is 13.3 Å². The lowest BCUT2D eigenvalue weighted by molar-refractivity contribution is 0.103. The van der Waals surface area contributed by atoms with Crippen LogP contribution in [0.15, 0.2) is 6.07 Å². The first-order chi connectivity index (χ1) is 10.9. The summed E-state index contributed by atoms with van der Waals surface area (Å²) < 4.78 is 68.9. The Hall–Kier alpha value is -0.963. The number of aryl methyl sites for hydroxylation is 1. The smallest absolute Gasteiger partial charge is 0.377 e. The first-order valence-electron chi connectivity index (χ1n) is 7.47. The molecule has 0 aliphatic rings. The second kappa shape index (κ2) is 9.36. The van der Waals surface area contributed by atoms with Crippen LogP contribution in [-0.4, -0.2) is 29.6 Å². The summed E-state index contributed by atoms with van der Waals surface area (Å²) in [6.45, 7) is 2.33. The van der Waals surface area contributed by atoms with E-state index >= 15 is 0 Å². The summed E-state index contributed by atoms with van der Waals surface area (Å²) in [4.78, 5) is 0. The van der Waals surface area contributed by atoms with Crippen molar-refractivity contribution in [1.82, 2.24) is 0 Å². The molecule has 0 saturated carbocycles. The molecule has 1 aromatic carbocycles. The summed E-state index contributed by atoms with van der Waals surface area (Å²) in [5.74, 6) is -6.24. The van der Waals surface area contributed by atoms with Gasteiger partial charge in [0, 0.05) is 26.9 Å². The van der Waals surface area contributed by atoms with Crippen LogP contribution in [0, 0.1) is 23.3 Å². The fourth-order valence-electron chi connectivity index (χ4n) is 2.33. The van der Waals surface area contributed by atoms with Crippen molar-refractivity contribution >= 4 is 8.80 Å². The Morgan fingerprint density at radius 3 is 2.13 bits per heavy atom. The molecule has 0 bridgehead atoms. The van der Waals surface area contributed by atoms with E-state index in [4.69, 9.17) is 13.3 Å². The minimum atomic E-state index is -2.65. The van der Waals surface area contributed by atoms with Gasteiger partial charge in [-0.1, -0.05) is 6.42 Å². The number of halogens is 4. The molecule has 0 fully saturated rings. The van der Waals surface area contributed by atoms with Crippen molar-refractivity contribution in [3.63, 3.8) is 0 Å². The number of rotatable bonds is 10. The zero-order chi connectivity index (χ0) is 17.5. The molecular formula is C15H22F4O3Si. The predicted octanol–water partition coefficient (Wildman–Crippen LogP) is 4.22. The highest BCUT2D eigenvalue weighted by molar-refractivity contribution is 6.60. The van der Waals surface area contributed by atoms with Crippen LogP contribution in [0.3, 0.4) is 0 Å². The van der Waals surface area contributed by atoms with Gasteiger partial charge in [0.2, 0.25) is 0 Å². The monoisotopic (exact) mass is 354 g/mol. The Bertz CT molecular complexity index is 510. The number of unbranched alkanes of at least 4 members (excludes halogenated alkanes) is 2. The zero-order valence-electron chi connectivity index (χ0n) is 13.6. The molecule has 0 unspecified atom stereocenters. The largest absolute Gasteiger partial charge is 0.500 e. The molecule has 0 atom stereocenters. The van der Waals surface area contributed by atoms with E-state index in [1.165, 1.54) is 14.2 Å². The molecule has 132 valence electrons. The lowest BCUT2D eigenvalue weighted by Gasteiger charge is -2.25. The quantitative estimate of drug-likeness (QED) is 0.207. The van der Waals surface area contributed by atoms with Crippen LogP contribution in [0.5, 0.6) is 0 Å². The van der Waals surface area contributed by atoms with Crippen molar-refractivity contribution in [3.05, 3.63) is 34.9 Å². The summed E-state index contributed by atoms with van der Waals surface area (Å²) in [6, 6.07) is 1.31. The van der Waals surface area contributed by atoms with Crippen molar-refractivity contribution in [3.8, 4) is 0 Å². The standard InChI is InChI=1S/C15H22F4O3Si/c1-4-22-23(20-2,21-3)9-7-5-6-8-11-10-12(16)14(18)15(19)13(11)17/h10H,4-9H2,1-3H3. The van der Waals surface area contributed by atoms with Crippen molar-refractivity contribution < 1.29 is 30.8 Å². The highest BCUT2D eigenvalue weighted by Crippen LogP contribution is 2.22. The molecule has 0 aliphatic heterocycles. The summed E-state index contributed by atoms with van der Waals surface area (Å²) in [7, 11) is 0.413. The normalized spacial score (nSPS) is 12.0. The second-order valence-corrected chi connectivity index (χ2v) is 8.02. The number of benzene rings is 1. The molecule has 1 aromatic rings. The van der Waals surface area contributed by atoms with Gasteiger partial charge in [-0.15, -0.1) is 0 Å². The van der Waals surface area contributed by atoms with Crippen molar-refractivity contribution in [2.24, 2.45) is 0 Å². The van der Waals surface area contributed by atoms with E-state index in [0.717, 1.165) is 0 Å². The van der Waals surface area contributed by atoms with Gasteiger partial charge in [-0.2, -0.15) is 0 Å². The molecule has 23 heavy (non-hydrogen) atoms. The fraction of sp³-hybridized carbons (Fsp3) is 0.600. The van der Waals surface area contributed by atoms with E-state index in [1.807, 2.05) is 6.92 Å². The number of hydrogen-bond donors (Lipinski definition) is 0. The van der Waals surface area contributed by atoms with Crippen LogP contribution in [0.1, 0.15) is 31.7 Å². The van der Waals surface area contributed by atoms with Gasteiger partial charge in [0.05, 0.1) is 0 Å². The minimum absolute atomic E-state index is 0.128. The van der Waals surface area contributed by atoms with Crippen LogP contribution in [0.25, 0.3) is 0 Å². The average molecular weight is 354 g/mol. The Morgan fingerprint density at radius 2 is 1.57 bits per heavy atom. The average Bonchev–Trinajstić information content (AvgIpc) is 2.56. The topological polar surface area (TPSA) is 27.7 Å². The fourth-order valence-corrected chi connectivity index (χ4v) is 4.41. The second-order valence-electron chi connectivity index (χ2n) is 5.04. The van der Waals surface area contributed by atoms with Crippen LogP contribution >= 0.6 is 0 Å². The third-order valence-electron chi connectivity index (χ3n) is 3.59. The molecule has 8 heteroatoms. The van der Waals surface area contributed by atoms with E-state index in [9.17, 15) is 17.6 Å². The van der Waals surface area contributed by atoms with Gasteiger partial charge in [0.25, 0.3) is 0 Å². The lowest BCUT2D eigenvalue weighted by Crippen LogP contribution is -2.43. The molecule has 0 N–H and O–H groups in total. The van der Waals surface area contributed by atoms with E-state index in [0.29, 0.717) is 38.0 Å². The molecule has 0 heterocycles. The molecule has 3 nitrogen and oxygen atoms in total.